The Morgan fingerprint density at radius 1 is 1.35 bits per heavy atom. The van der Waals surface area contributed by atoms with Crippen molar-refractivity contribution in [1.29, 1.82) is 0 Å². The number of nitrogens with one attached hydrogen (secondary N) is 1. The van der Waals surface area contributed by atoms with Gasteiger partial charge in [0, 0.05) is 18.7 Å². The third-order valence-corrected chi connectivity index (χ3v) is 2.58. The number of rotatable bonds is 5. The highest BCUT2D eigenvalue weighted by Gasteiger charge is 2.18. The highest BCUT2D eigenvalue weighted by molar-refractivity contribution is 5.83. The second-order valence-corrected chi connectivity index (χ2v) is 3.70. The average Bonchev–Trinajstić information content (AvgIpc) is 2.31. The number of carbonyl (C=O) groups excluding carboxylic acids is 1. The van der Waals surface area contributed by atoms with E-state index in [-0.39, 0.29) is 17.5 Å². The lowest BCUT2D eigenvalue weighted by Gasteiger charge is -2.14. The lowest BCUT2D eigenvalue weighted by Crippen LogP contribution is -2.28. The Morgan fingerprint density at radius 3 is 2.35 bits per heavy atom. The lowest BCUT2D eigenvalue weighted by atomic mass is 9.95. The second kappa shape index (κ2) is 5.98. The number of hydrogen-bond acceptors (Lipinski definition) is 3. The predicted molar refractivity (Wildman–Crippen MR) is 64.8 cm³/mol. The van der Waals surface area contributed by atoms with Gasteiger partial charge < -0.3 is 5.32 Å². The van der Waals surface area contributed by atoms with Gasteiger partial charge in [-0.15, -0.1) is 0 Å². The van der Waals surface area contributed by atoms with Crippen molar-refractivity contribution in [2.45, 2.75) is 26.2 Å². The summed E-state index contributed by atoms with van der Waals surface area (Å²) in [5, 5.41) is 13.3. The van der Waals surface area contributed by atoms with Crippen molar-refractivity contribution < 1.29 is 9.72 Å². The van der Waals surface area contributed by atoms with E-state index in [0.29, 0.717) is 13.0 Å². The zero-order chi connectivity index (χ0) is 12.8. The molecule has 92 valence electrons. The minimum Gasteiger partial charge on any atom is -0.356 e. The maximum Gasteiger partial charge on any atom is 0.269 e. The fourth-order valence-electron chi connectivity index (χ4n) is 1.70. The van der Waals surface area contributed by atoms with Crippen LogP contribution >= 0.6 is 0 Å². The molecule has 0 heterocycles. The third-order valence-electron chi connectivity index (χ3n) is 2.58. The van der Waals surface area contributed by atoms with Gasteiger partial charge in [0.25, 0.3) is 5.69 Å². The second-order valence-electron chi connectivity index (χ2n) is 3.70. The van der Waals surface area contributed by atoms with Gasteiger partial charge in [0.15, 0.2) is 0 Å². The van der Waals surface area contributed by atoms with Crippen LogP contribution in [0.15, 0.2) is 24.3 Å². The average molecular weight is 236 g/mol. The Kier molecular flexibility index (Phi) is 4.63. The van der Waals surface area contributed by atoms with E-state index in [9.17, 15) is 14.9 Å². The van der Waals surface area contributed by atoms with Gasteiger partial charge in [-0.05, 0) is 18.9 Å². The summed E-state index contributed by atoms with van der Waals surface area (Å²) in [6.07, 6.45) is 0.670. The van der Waals surface area contributed by atoms with E-state index in [2.05, 4.69) is 5.32 Å². The largest absolute Gasteiger partial charge is 0.356 e. The highest BCUT2D eigenvalue weighted by Crippen LogP contribution is 2.22. The molecule has 5 nitrogen and oxygen atoms in total. The summed E-state index contributed by atoms with van der Waals surface area (Å²) in [5.41, 5.74) is 0.851. The standard InChI is InChI=1S/C12H16N2O3/c1-3-11(12(15)13-4-2)9-5-7-10(8-6-9)14(16)17/h5-8,11H,3-4H2,1-2H3,(H,13,15). The van der Waals surface area contributed by atoms with Crippen LogP contribution in [0.2, 0.25) is 0 Å². The maximum absolute atomic E-state index is 11.7. The first-order chi connectivity index (χ1) is 8.10. The number of nitrogens with zero attached hydrogens (tertiary/aromatic N) is 1. The lowest BCUT2D eigenvalue weighted by molar-refractivity contribution is -0.384. The molecule has 0 spiro atoms. The van der Waals surface area contributed by atoms with Gasteiger partial charge in [-0.3, -0.25) is 14.9 Å². The first-order valence-electron chi connectivity index (χ1n) is 5.62. The minimum absolute atomic E-state index is 0.0381. The molecule has 1 amide bonds. The van der Waals surface area contributed by atoms with Crippen molar-refractivity contribution in [2.24, 2.45) is 0 Å². The number of amides is 1. The summed E-state index contributed by atoms with van der Waals surface area (Å²) in [4.78, 5) is 21.8. The van der Waals surface area contributed by atoms with E-state index in [4.69, 9.17) is 0 Å². The van der Waals surface area contributed by atoms with Crippen LogP contribution in [0.4, 0.5) is 5.69 Å². The molecule has 1 aromatic carbocycles. The maximum atomic E-state index is 11.7. The number of benzene rings is 1. The molecule has 5 heteroatoms. The van der Waals surface area contributed by atoms with Gasteiger partial charge in [0.1, 0.15) is 0 Å². The Labute approximate surface area is 100.0 Å². The van der Waals surface area contributed by atoms with E-state index in [1.54, 1.807) is 12.1 Å². The minimum atomic E-state index is -0.448. The van der Waals surface area contributed by atoms with Gasteiger partial charge in [-0.2, -0.15) is 0 Å². The molecule has 1 rings (SSSR count). The topological polar surface area (TPSA) is 72.2 Å². The van der Waals surface area contributed by atoms with Gasteiger partial charge in [0.2, 0.25) is 5.91 Å². The van der Waals surface area contributed by atoms with Crippen LogP contribution in [0.1, 0.15) is 31.7 Å². The number of non-ortho nitro benzene ring substituents is 1. The SMILES string of the molecule is CCNC(=O)C(CC)c1ccc([N+](=O)[O-])cc1. The fourth-order valence-corrected chi connectivity index (χ4v) is 1.70. The summed E-state index contributed by atoms with van der Waals surface area (Å²) in [6, 6.07) is 6.14. The fraction of sp³-hybridized carbons (Fsp3) is 0.417. The Balaban J connectivity index is 2.89. The van der Waals surface area contributed by atoms with Crippen molar-refractivity contribution >= 4 is 11.6 Å². The third kappa shape index (κ3) is 3.27. The Morgan fingerprint density at radius 2 is 1.94 bits per heavy atom. The quantitative estimate of drug-likeness (QED) is 0.629. The van der Waals surface area contributed by atoms with E-state index < -0.39 is 4.92 Å². The smallest absolute Gasteiger partial charge is 0.269 e. The predicted octanol–water partition coefficient (Wildman–Crippen LogP) is 2.22. The molecule has 1 atom stereocenters. The van der Waals surface area contributed by atoms with E-state index in [0.717, 1.165) is 5.56 Å². The van der Waals surface area contributed by atoms with Crippen LogP contribution in [0.25, 0.3) is 0 Å². The number of nitro benzene ring substituents is 1. The van der Waals surface area contributed by atoms with Crippen LogP contribution in [0.5, 0.6) is 0 Å². The first kappa shape index (κ1) is 13.2. The summed E-state index contributed by atoms with van der Waals surface area (Å²) in [6.45, 7) is 4.37. The van der Waals surface area contributed by atoms with Crippen molar-refractivity contribution in [3.63, 3.8) is 0 Å². The van der Waals surface area contributed by atoms with Gasteiger partial charge in [0.05, 0.1) is 10.8 Å². The molecular weight excluding hydrogens is 220 g/mol. The summed E-state index contributed by atoms with van der Waals surface area (Å²) in [5.74, 6) is -0.278. The molecule has 17 heavy (non-hydrogen) atoms. The molecule has 0 bridgehead atoms. The monoisotopic (exact) mass is 236 g/mol. The normalized spacial score (nSPS) is 11.9. The summed E-state index contributed by atoms with van der Waals surface area (Å²) < 4.78 is 0. The molecule has 0 radical (unpaired) electrons. The zero-order valence-electron chi connectivity index (χ0n) is 9.97. The molecule has 0 aromatic heterocycles. The number of carbonyl (C=O) groups is 1. The molecule has 1 unspecified atom stereocenters. The zero-order valence-corrected chi connectivity index (χ0v) is 9.97. The molecular formula is C12H16N2O3. The molecule has 0 saturated heterocycles. The molecule has 0 fully saturated rings. The molecule has 1 aromatic rings. The molecule has 1 N–H and O–H groups in total. The van der Waals surface area contributed by atoms with Crippen LogP contribution in [0, 0.1) is 10.1 Å². The summed E-state index contributed by atoms with van der Waals surface area (Å²) in [7, 11) is 0. The van der Waals surface area contributed by atoms with Crippen LogP contribution < -0.4 is 5.32 Å². The van der Waals surface area contributed by atoms with Crippen molar-refractivity contribution in [3.8, 4) is 0 Å². The summed E-state index contributed by atoms with van der Waals surface area (Å²) >= 11 is 0. The first-order valence-corrected chi connectivity index (χ1v) is 5.62. The van der Waals surface area contributed by atoms with Gasteiger partial charge >= 0.3 is 0 Å². The molecule has 0 aliphatic rings. The number of likely N-dealkylation sites (N-methyl/N-ethyl adjacent to an activating group) is 1. The number of nitro groups is 1. The Bertz CT molecular complexity index is 401. The van der Waals surface area contributed by atoms with E-state index in [1.165, 1.54) is 12.1 Å². The van der Waals surface area contributed by atoms with Gasteiger partial charge in [-0.1, -0.05) is 19.1 Å². The van der Waals surface area contributed by atoms with E-state index >= 15 is 0 Å². The number of hydrogen-bond donors (Lipinski definition) is 1. The molecule has 0 saturated carbocycles. The van der Waals surface area contributed by atoms with Gasteiger partial charge in [-0.25, -0.2) is 0 Å². The Hall–Kier alpha value is -1.91. The van der Waals surface area contributed by atoms with Crippen LogP contribution in [-0.4, -0.2) is 17.4 Å². The van der Waals surface area contributed by atoms with Crippen molar-refractivity contribution in [3.05, 3.63) is 39.9 Å². The molecule has 0 aliphatic heterocycles. The van der Waals surface area contributed by atoms with Crippen molar-refractivity contribution in [2.75, 3.05) is 6.54 Å². The highest BCUT2D eigenvalue weighted by atomic mass is 16.6. The van der Waals surface area contributed by atoms with Crippen LogP contribution in [0.3, 0.4) is 0 Å². The van der Waals surface area contributed by atoms with E-state index in [1.807, 2.05) is 13.8 Å². The van der Waals surface area contributed by atoms with Crippen LogP contribution in [-0.2, 0) is 4.79 Å². The van der Waals surface area contributed by atoms with Crippen molar-refractivity contribution in [1.82, 2.24) is 5.32 Å². The molecule has 0 aliphatic carbocycles.